The van der Waals surface area contributed by atoms with Crippen molar-refractivity contribution in [1.82, 2.24) is 9.88 Å². The molecule has 1 saturated heterocycles. The van der Waals surface area contributed by atoms with Crippen LogP contribution in [0.1, 0.15) is 16.8 Å². The van der Waals surface area contributed by atoms with E-state index in [-0.39, 0.29) is 5.91 Å². The van der Waals surface area contributed by atoms with Gasteiger partial charge < -0.3 is 4.74 Å². The van der Waals surface area contributed by atoms with Crippen LogP contribution in [0.4, 0.5) is 5.13 Å². The lowest BCUT2D eigenvalue weighted by molar-refractivity contribution is 0.0376. The molecular weight excluding hydrogens is 438 g/mol. The highest BCUT2D eigenvalue weighted by Crippen LogP contribution is 2.30. The smallest absolute Gasteiger partial charge is 0.260 e. The molecule has 2 heterocycles. The third kappa shape index (κ3) is 4.60. The molecule has 0 radical (unpaired) electrons. The fraction of sp³-hybridized carbons (Fsp3) is 0.333. The largest absolute Gasteiger partial charge is 0.379 e. The number of aromatic nitrogens is 1. The van der Waals surface area contributed by atoms with E-state index in [4.69, 9.17) is 9.72 Å². The third-order valence-electron chi connectivity index (χ3n) is 4.81. The van der Waals surface area contributed by atoms with Gasteiger partial charge in [0.1, 0.15) is 0 Å². The van der Waals surface area contributed by atoms with E-state index >= 15 is 0 Å². The van der Waals surface area contributed by atoms with Crippen LogP contribution >= 0.6 is 27.3 Å². The summed E-state index contributed by atoms with van der Waals surface area (Å²) in [6.45, 7) is 5.10. The number of amides is 1. The fourth-order valence-corrected chi connectivity index (χ4v) is 4.54. The lowest BCUT2D eigenvalue weighted by Crippen LogP contribution is -2.39. The average molecular weight is 460 g/mol. The minimum atomic E-state index is -0.00599. The van der Waals surface area contributed by atoms with E-state index in [1.807, 2.05) is 53.4 Å². The highest BCUT2D eigenvalue weighted by molar-refractivity contribution is 9.10. The van der Waals surface area contributed by atoms with Gasteiger partial charge in [-0.3, -0.25) is 14.6 Å². The molecule has 1 aliphatic rings. The number of hydrogen-bond acceptors (Lipinski definition) is 5. The molecule has 1 fully saturated rings. The molecule has 1 aliphatic heterocycles. The van der Waals surface area contributed by atoms with Crippen LogP contribution < -0.4 is 4.90 Å². The van der Waals surface area contributed by atoms with Crippen molar-refractivity contribution in [2.24, 2.45) is 0 Å². The summed E-state index contributed by atoms with van der Waals surface area (Å²) in [5, 5.41) is 0.760. The zero-order chi connectivity index (χ0) is 19.3. The Hall–Kier alpha value is -1.80. The second kappa shape index (κ2) is 9.13. The summed E-state index contributed by atoms with van der Waals surface area (Å²) in [5.74, 6) is -0.00599. The molecule has 0 atom stereocenters. The van der Waals surface area contributed by atoms with E-state index in [2.05, 4.69) is 20.8 Å². The first-order valence-corrected chi connectivity index (χ1v) is 11.0. The Kier molecular flexibility index (Phi) is 6.36. The number of carbonyl (C=O) groups is 1. The van der Waals surface area contributed by atoms with Crippen LogP contribution in [-0.4, -0.2) is 55.2 Å². The maximum atomic E-state index is 13.3. The molecule has 3 aromatic rings. The molecule has 28 heavy (non-hydrogen) atoms. The summed E-state index contributed by atoms with van der Waals surface area (Å²) < 4.78 is 7.48. The number of morpholine rings is 1. The Bertz CT molecular complexity index is 905. The minimum Gasteiger partial charge on any atom is -0.379 e. The minimum absolute atomic E-state index is 0.00599. The number of benzene rings is 2. The summed E-state index contributed by atoms with van der Waals surface area (Å²) in [4.78, 5) is 22.2. The van der Waals surface area contributed by atoms with E-state index in [9.17, 15) is 4.79 Å². The van der Waals surface area contributed by atoms with Crippen LogP contribution in [0.25, 0.3) is 10.2 Å². The van der Waals surface area contributed by atoms with Crippen molar-refractivity contribution in [2.75, 3.05) is 44.3 Å². The molecule has 0 aliphatic carbocycles. The van der Waals surface area contributed by atoms with Gasteiger partial charge in [0.15, 0.2) is 5.13 Å². The molecule has 0 N–H and O–H groups in total. The molecule has 1 amide bonds. The number of hydrogen-bond donors (Lipinski definition) is 0. The van der Waals surface area contributed by atoms with Crippen molar-refractivity contribution in [3.05, 3.63) is 58.6 Å². The second-order valence-electron chi connectivity index (χ2n) is 6.74. The van der Waals surface area contributed by atoms with Crippen molar-refractivity contribution in [2.45, 2.75) is 6.42 Å². The van der Waals surface area contributed by atoms with Gasteiger partial charge in [0.25, 0.3) is 5.91 Å². The van der Waals surface area contributed by atoms with Gasteiger partial charge in [-0.2, -0.15) is 0 Å². The molecule has 4 rings (SSSR count). The number of rotatable bonds is 6. The van der Waals surface area contributed by atoms with E-state index in [1.54, 1.807) is 11.3 Å². The Morgan fingerprint density at radius 2 is 1.89 bits per heavy atom. The summed E-state index contributed by atoms with van der Waals surface area (Å²) in [6, 6.07) is 15.5. The molecular formula is C21H22BrN3O2S. The van der Waals surface area contributed by atoms with Gasteiger partial charge >= 0.3 is 0 Å². The second-order valence-corrected chi connectivity index (χ2v) is 8.66. The quantitative estimate of drug-likeness (QED) is 0.546. The summed E-state index contributed by atoms with van der Waals surface area (Å²) in [6.07, 6.45) is 0.901. The first-order chi connectivity index (χ1) is 13.7. The molecule has 0 unspecified atom stereocenters. The lowest BCUT2D eigenvalue weighted by atomic mass is 10.2. The van der Waals surface area contributed by atoms with Crippen molar-refractivity contribution in [1.29, 1.82) is 0 Å². The van der Waals surface area contributed by atoms with Crippen LogP contribution in [0.2, 0.25) is 0 Å². The molecule has 1 aromatic heterocycles. The van der Waals surface area contributed by atoms with Gasteiger partial charge in [-0.1, -0.05) is 39.4 Å². The van der Waals surface area contributed by atoms with Crippen LogP contribution in [0.3, 0.4) is 0 Å². The third-order valence-corrected chi connectivity index (χ3v) is 6.40. The van der Waals surface area contributed by atoms with E-state index < -0.39 is 0 Å². The van der Waals surface area contributed by atoms with Crippen LogP contribution in [0.15, 0.2) is 53.0 Å². The zero-order valence-corrected chi connectivity index (χ0v) is 17.9. The normalized spacial score (nSPS) is 15.0. The summed E-state index contributed by atoms with van der Waals surface area (Å²) in [5.41, 5.74) is 1.61. The monoisotopic (exact) mass is 459 g/mol. The number of anilines is 1. The van der Waals surface area contributed by atoms with Gasteiger partial charge in [-0.25, -0.2) is 4.98 Å². The van der Waals surface area contributed by atoms with Crippen LogP contribution in [0, 0.1) is 0 Å². The van der Waals surface area contributed by atoms with Gasteiger partial charge in [0, 0.05) is 36.2 Å². The molecule has 2 aromatic carbocycles. The van der Waals surface area contributed by atoms with Crippen molar-refractivity contribution < 1.29 is 9.53 Å². The number of nitrogens with zero attached hydrogens (tertiary/aromatic N) is 3. The van der Waals surface area contributed by atoms with Crippen molar-refractivity contribution in [3.8, 4) is 0 Å². The first kappa shape index (κ1) is 19.5. The number of thiazole rings is 1. The highest BCUT2D eigenvalue weighted by Gasteiger charge is 2.21. The Labute approximate surface area is 177 Å². The van der Waals surface area contributed by atoms with Gasteiger partial charge in [0.05, 0.1) is 23.4 Å². The summed E-state index contributed by atoms with van der Waals surface area (Å²) >= 11 is 5.00. The SMILES string of the molecule is O=C(c1ccc(Br)cc1)N(CCCN1CCOCC1)c1nc2ccccc2s1. The predicted octanol–water partition coefficient (Wildman–Crippen LogP) is 4.43. The molecule has 7 heteroatoms. The topological polar surface area (TPSA) is 45.7 Å². The Morgan fingerprint density at radius 1 is 1.14 bits per heavy atom. The van der Waals surface area contributed by atoms with E-state index in [0.717, 1.165) is 59.1 Å². The maximum absolute atomic E-state index is 13.3. The molecule has 146 valence electrons. The van der Waals surface area contributed by atoms with Crippen molar-refractivity contribution >= 4 is 48.5 Å². The number of ether oxygens (including phenoxy) is 1. The van der Waals surface area contributed by atoms with Gasteiger partial charge in [-0.15, -0.1) is 0 Å². The first-order valence-electron chi connectivity index (χ1n) is 9.44. The maximum Gasteiger partial charge on any atom is 0.260 e. The number of fused-ring (bicyclic) bond motifs is 1. The average Bonchev–Trinajstić information content (AvgIpc) is 3.16. The Morgan fingerprint density at radius 3 is 2.64 bits per heavy atom. The fourth-order valence-electron chi connectivity index (χ4n) is 3.29. The summed E-state index contributed by atoms with van der Waals surface area (Å²) in [7, 11) is 0. The molecule has 0 saturated carbocycles. The van der Waals surface area contributed by atoms with E-state index in [1.165, 1.54) is 0 Å². The number of halogens is 1. The van der Waals surface area contributed by atoms with Crippen LogP contribution in [0.5, 0.6) is 0 Å². The van der Waals surface area contributed by atoms with Gasteiger partial charge in [0.2, 0.25) is 0 Å². The lowest BCUT2D eigenvalue weighted by Gasteiger charge is -2.27. The Balaban J connectivity index is 1.54. The highest BCUT2D eigenvalue weighted by atomic mass is 79.9. The van der Waals surface area contributed by atoms with Crippen LogP contribution in [-0.2, 0) is 4.74 Å². The van der Waals surface area contributed by atoms with E-state index in [0.29, 0.717) is 12.1 Å². The predicted molar refractivity (Wildman–Crippen MR) is 117 cm³/mol. The number of para-hydroxylation sites is 1. The molecule has 0 spiro atoms. The standard InChI is InChI=1S/C21H22BrN3O2S/c22-17-8-6-16(7-9-17)20(26)25(11-3-10-24-12-14-27-15-13-24)21-23-18-4-1-2-5-19(18)28-21/h1-2,4-9H,3,10-15H2. The van der Waals surface area contributed by atoms with Crippen molar-refractivity contribution in [3.63, 3.8) is 0 Å². The zero-order valence-electron chi connectivity index (χ0n) is 15.5. The molecule has 5 nitrogen and oxygen atoms in total. The number of carbonyl (C=O) groups excluding carboxylic acids is 1. The van der Waals surface area contributed by atoms with Gasteiger partial charge in [-0.05, 0) is 42.8 Å². The molecule has 0 bridgehead atoms.